The second-order valence-electron chi connectivity index (χ2n) is 7.37. The van der Waals surface area contributed by atoms with Crippen molar-refractivity contribution in [1.29, 1.82) is 5.26 Å². The fourth-order valence-electron chi connectivity index (χ4n) is 3.73. The smallest absolute Gasteiger partial charge is 0.158 e. The first-order valence-electron chi connectivity index (χ1n) is 9.67. The molecule has 9 heteroatoms. The Hall–Kier alpha value is -2.93. The van der Waals surface area contributed by atoms with Gasteiger partial charge in [-0.25, -0.2) is 20.8 Å². The zero-order chi connectivity index (χ0) is 20.2. The van der Waals surface area contributed by atoms with E-state index in [0.717, 1.165) is 43.0 Å². The van der Waals surface area contributed by atoms with Crippen molar-refractivity contribution in [3.05, 3.63) is 41.9 Å². The van der Waals surface area contributed by atoms with Crippen LogP contribution < -0.4 is 25.6 Å². The summed E-state index contributed by atoms with van der Waals surface area (Å²) in [4.78, 5) is 10.5. The second kappa shape index (κ2) is 8.61. The highest BCUT2D eigenvalue weighted by Gasteiger charge is 2.28. The third kappa shape index (κ3) is 4.56. The van der Waals surface area contributed by atoms with E-state index in [4.69, 9.17) is 14.7 Å². The number of nitrogens with zero attached hydrogens (tertiary/aromatic N) is 4. The molecule has 0 amide bonds. The minimum Gasteiger partial charge on any atom is -0.496 e. The number of nitrogens with one attached hydrogen (secondary N) is 3. The molecule has 0 radical (unpaired) electrons. The number of anilines is 1. The van der Waals surface area contributed by atoms with Gasteiger partial charge in [0, 0.05) is 31.1 Å². The fourth-order valence-corrected chi connectivity index (χ4v) is 3.73. The van der Waals surface area contributed by atoms with Gasteiger partial charge in [-0.05, 0) is 19.5 Å². The number of hydrogen-bond acceptors (Lipinski definition) is 9. The molecule has 152 valence electrons. The zero-order valence-corrected chi connectivity index (χ0v) is 16.6. The summed E-state index contributed by atoms with van der Waals surface area (Å²) >= 11 is 0. The van der Waals surface area contributed by atoms with Crippen LogP contribution in [0.25, 0.3) is 0 Å². The quantitative estimate of drug-likeness (QED) is 0.669. The summed E-state index contributed by atoms with van der Waals surface area (Å²) in [5.74, 6) is 2.24. The molecule has 0 spiro atoms. The summed E-state index contributed by atoms with van der Waals surface area (Å²) in [6, 6.07) is 8.05. The van der Waals surface area contributed by atoms with Gasteiger partial charge in [0.2, 0.25) is 0 Å². The average molecular weight is 395 g/mol. The van der Waals surface area contributed by atoms with Gasteiger partial charge in [0.1, 0.15) is 29.5 Å². The SMILES string of the molecule is COc1cc(O[C@@H]2CCN(C)C2)ccc1C1CC(Nc2cnc(C#N)cn2)NN1. The molecular weight excluding hydrogens is 370 g/mol. The van der Waals surface area contributed by atoms with Gasteiger partial charge in [-0.2, -0.15) is 5.26 Å². The summed E-state index contributed by atoms with van der Waals surface area (Å²) in [7, 11) is 3.79. The van der Waals surface area contributed by atoms with Gasteiger partial charge in [-0.3, -0.25) is 0 Å². The first-order valence-corrected chi connectivity index (χ1v) is 9.67. The highest BCUT2D eigenvalue weighted by atomic mass is 16.5. The lowest BCUT2D eigenvalue weighted by molar-refractivity contribution is 0.207. The first kappa shape index (κ1) is 19.4. The van der Waals surface area contributed by atoms with Crippen molar-refractivity contribution in [2.75, 3.05) is 32.6 Å². The maximum absolute atomic E-state index is 8.82. The van der Waals surface area contributed by atoms with Gasteiger partial charge in [-0.15, -0.1) is 0 Å². The Balaban J connectivity index is 1.39. The van der Waals surface area contributed by atoms with E-state index in [1.54, 1.807) is 13.3 Å². The van der Waals surface area contributed by atoms with E-state index in [2.05, 4.69) is 44.2 Å². The highest BCUT2D eigenvalue weighted by molar-refractivity contribution is 5.43. The van der Waals surface area contributed by atoms with Crippen molar-refractivity contribution in [3.8, 4) is 17.6 Å². The molecule has 1 aromatic heterocycles. The molecule has 0 aliphatic carbocycles. The maximum Gasteiger partial charge on any atom is 0.158 e. The van der Waals surface area contributed by atoms with E-state index in [0.29, 0.717) is 11.5 Å². The standard InChI is InChI=1S/C20H25N7O2/c1-27-6-5-15(12-27)29-14-3-4-16(18(7-14)28-2)17-8-19(26-25-17)24-20-11-22-13(9-21)10-23-20/h3-4,7,10-11,15,17,19,25-26H,5-6,8,12H2,1-2H3,(H,23,24)/t15-,17?,19?/m1/s1. The number of nitriles is 1. The molecule has 3 N–H and O–H groups in total. The molecule has 3 heterocycles. The Morgan fingerprint density at radius 3 is 2.86 bits per heavy atom. The number of rotatable bonds is 6. The van der Waals surface area contributed by atoms with Crippen LogP contribution in [0.5, 0.6) is 11.5 Å². The number of hydrazine groups is 1. The van der Waals surface area contributed by atoms with E-state index < -0.39 is 0 Å². The summed E-state index contributed by atoms with van der Waals surface area (Å²) in [6.45, 7) is 2.01. The molecular formula is C20H25N7O2. The van der Waals surface area contributed by atoms with Crippen LogP contribution in [0.15, 0.2) is 30.6 Å². The summed E-state index contributed by atoms with van der Waals surface area (Å²) in [6.07, 6.45) is 5.03. The van der Waals surface area contributed by atoms with Crippen LogP contribution in [0, 0.1) is 11.3 Å². The van der Waals surface area contributed by atoms with Crippen LogP contribution in [0.3, 0.4) is 0 Å². The molecule has 0 bridgehead atoms. The van der Waals surface area contributed by atoms with E-state index in [-0.39, 0.29) is 18.3 Å². The monoisotopic (exact) mass is 395 g/mol. The average Bonchev–Trinajstić information content (AvgIpc) is 3.37. The van der Waals surface area contributed by atoms with Crippen LogP contribution in [0.1, 0.15) is 30.1 Å². The molecule has 2 aliphatic heterocycles. The Kier molecular flexibility index (Phi) is 5.76. The largest absolute Gasteiger partial charge is 0.496 e. The first-order chi connectivity index (χ1) is 14.1. The molecule has 4 rings (SSSR count). The van der Waals surface area contributed by atoms with Gasteiger partial charge >= 0.3 is 0 Å². The lowest BCUT2D eigenvalue weighted by Crippen LogP contribution is -2.36. The molecule has 1 aromatic carbocycles. The van der Waals surface area contributed by atoms with Gasteiger partial charge in [-0.1, -0.05) is 6.07 Å². The van der Waals surface area contributed by atoms with Gasteiger partial charge < -0.3 is 19.7 Å². The Labute approximate surface area is 170 Å². The predicted molar refractivity (Wildman–Crippen MR) is 107 cm³/mol. The number of ether oxygens (including phenoxy) is 2. The predicted octanol–water partition coefficient (Wildman–Crippen LogP) is 1.42. The van der Waals surface area contributed by atoms with E-state index in [1.807, 2.05) is 18.2 Å². The summed E-state index contributed by atoms with van der Waals surface area (Å²) in [5, 5.41) is 12.1. The number of methoxy groups -OCH3 is 1. The second-order valence-corrected chi connectivity index (χ2v) is 7.37. The Morgan fingerprint density at radius 1 is 1.28 bits per heavy atom. The molecule has 2 aromatic rings. The number of benzene rings is 1. The lowest BCUT2D eigenvalue weighted by atomic mass is 10.0. The van der Waals surface area contributed by atoms with Crippen LogP contribution in [-0.2, 0) is 0 Å². The van der Waals surface area contributed by atoms with Crippen LogP contribution >= 0.6 is 0 Å². The third-order valence-corrected chi connectivity index (χ3v) is 5.22. The maximum atomic E-state index is 8.82. The van der Waals surface area contributed by atoms with E-state index in [1.165, 1.54) is 6.20 Å². The van der Waals surface area contributed by atoms with Gasteiger partial charge in [0.15, 0.2) is 5.69 Å². The molecule has 2 aliphatic rings. The molecule has 2 fully saturated rings. The van der Waals surface area contributed by atoms with Crippen molar-refractivity contribution in [3.63, 3.8) is 0 Å². The van der Waals surface area contributed by atoms with Crippen LogP contribution in [0.2, 0.25) is 0 Å². The van der Waals surface area contributed by atoms with Crippen molar-refractivity contribution >= 4 is 5.82 Å². The Morgan fingerprint density at radius 2 is 2.17 bits per heavy atom. The van der Waals surface area contributed by atoms with Gasteiger partial charge in [0.25, 0.3) is 0 Å². The third-order valence-electron chi connectivity index (χ3n) is 5.22. The van der Waals surface area contributed by atoms with E-state index in [9.17, 15) is 0 Å². The zero-order valence-electron chi connectivity index (χ0n) is 16.6. The molecule has 3 atom stereocenters. The summed E-state index contributed by atoms with van der Waals surface area (Å²) < 4.78 is 11.7. The van der Waals surface area contributed by atoms with Crippen molar-refractivity contribution in [2.24, 2.45) is 0 Å². The molecule has 29 heavy (non-hydrogen) atoms. The van der Waals surface area contributed by atoms with Gasteiger partial charge in [0.05, 0.1) is 31.7 Å². The summed E-state index contributed by atoms with van der Waals surface area (Å²) in [5.41, 5.74) is 7.88. The van der Waals surface area contributed by atoms with E-state index >= 15 is 0 Å². The van der Waals surface area contributed by atoms with Crippen molar-refractivity contribution in [1.82, 2.24) is 25.7 Å². The minimum absolute atomic E-state index is 0.0307. The van der Waals surface area contributed by atoms with Crippen LogP contribution in [0.4, 0.5) is 5.82 Å². The number of likely N-dealkylation sites (tertiary alicyclic amines) is 1. The topological polar surface area (TPSA) is 107 Å². The fraction of sp³-hybridized carbons (Fsp3) is 0.450. The molecule has 2 unspecified atom stereocenters. The number of likely N-dealkylation sites (N-methyl/N-ethyl adjacent to an activating group) is 1. The number of hydrogen-bond donors (Lipinski definition) is 3. The Bertz CT molecular complexity index is 883. The number of aromatic nitrogens is 2. The van der Waals surface area contributed by atoms with Crippen molar-refractivity contribution in [2.45, 2.75) is 31.2 Å². The molecule has 2 saturated heterocycles. The molecule has 0 saturated carbocycles. The normalized spacial score (nSPS) is 24.2. The van der Waals surface area contributed by atoms with Crippen molar-refractivity contribution < 1.29 is 9.47 Å². The highest BCUT2D eigenvalue weighted by Crippen LogP contribution is 2.34. The lowest BCUT2D eigenvalue weighted by Gasteiger charge is -2.18. The molecule has 9 nitrogen and oxygen atoms in total. The van der Waals surface area contributed by atoms with Crippen LogP contribution in [-0.4, -0.2) is 54.4 Å². The minimum atomic E-state index is -0.0307.